The van der Waals surface area contributed by atoms with Crippen LogP contribution in [-0.4, -0.2) is 11.5 Å². The molecule has 0 spiro atoms. The molecule has 0 aliphatic carbocycles. The third-order valence-electron chi connectivity index (χ3n) is 3.40. The molecule has 2 aromatic rings. The third kappa shape index (κ3) is 3.76. The van der Waals surface area contributed by atoms with Gasteiger partial charge in [-0.1, -0.05) is 6.92 Å². The first-order chi connectivity index (χ1) is 10.0. The lowest BCUT2D eigenvalue weighted by atomic mass is 9.96. The Morgan fingerprint density at radius 3 is 2.48 bits per heavy atom. The Morgan fingerprint density at radius 1 is 1.24 bits per heavy atom. The molecule has 0 radical (unpaired) electrons. The Morgan fingerprint density at radius 2 is 1.90 bits per heavy atom. The quantitative estimate of drug-likeness (QED) is 0.889. The fraction of sp³-hybridized carbons (Fsp3) is 0.312. The normalized spacial score (nSPS) is 12.4. The maximum absolute atomic E-state index is 13.3. The van der Waals surface area contributed by atoms with Crippen molar-refractivity contribution in [1.29, 1.82) is 0 Å². The molecule has 112 valence electrons. The van der Waals surface area contributed by atoms with E-state index in [4.69, 9.17) is 5.73 Å². The molecular formula is C16H19F2N3. The zero-order valence-electron chi connectivity index (χ0n) is 12.2. The van der Waals surface area contributed by atoms with Crippen LogP contribution in [0.1, 0.15) is 29.7 Å². The summed E-state index contributed by atoms with van der Waals surface area (Å²) in [5, 5.41) is 3.30. The van der Waals surface area contributed by atoms with Gasteiger partial charge < -0.3 is 11.1 Å². The minimum atomic E-state index is -0.573. The molecule has 0 saturated carbocycles. The number of hydrogen-bond acceptors (Lipinski definition) is 3. The zero-order chi connectivity index (χ0) is 15.4. The van der Waals surface area contributed by atoms with Crippen LogP contribution in [0.25, 0.3) is 0 Å². The van der Waals surface area contributed by atoms with E-state index in [1.807, 2.05) is 19.9 Å². The predicted octanol–water partition coefficient (Wildman–Crippen LogP) is 3.14. The summed E-state index contributed by atoms with van der Waals surface area (Å²) in [7, 11) is 0. The molecule has 21 heavy (non-hydrogen) atoms. The van der Waals surface area contributed by atoms with Crippen molar-refractivity contribution in [2.24, 2.45) is 0 Å². The lowest BCUT2D eigenvalue weighted by Crippen LogP contribution is -2.25. The lowest BCUT2D eigenvalue weighted by molar-refractivity contribution is 0.537. The highest BCUT2D eigenvalue weighted by atomic mass is 19.1. The number of nitrogens with zero attached hydrogens (tertiary/aromatic N) is 1. The van der Waals surface area contributed by atoms with Crippen LogP contribution in [0.5, 0.6) is 0 Å². The van der Waals surface area contributed by atoms with E-state index in [1.54, 1.807) is 6.20 Å². The molecule has 0 fully saturated rings. The Kier molecular flexibility index (Phi) is 4.85. The topological polar surface area (TPSA) is 50.9 Å². The number of anilines is 1. The summed E-state index contributed by atoms with van der Waals surface area (Å²) in [5.41, 5.74) is 8.43. The number of nitrogen functional groups attached to an aromatic ring is 1. The van der Waals surface area contributed by atoms with Crippen LogP contribution in [0.2, 0.25) is 0 Å². The highest BCUT2D eigenvalue weighted by Crippen LogP contribution is 2.26. The molecule has 3 nitrogen and oxygen atoms in total. The third-order valence-corrected chi connectivity index (χ3v) is 3.40. The van der Waals surface area contributed by atoms with Crippen LogP contribution in [-0.2, 0) is 6.42 Å². The van der Waals surface area contributed by atoms with Crippen LogP contribution < -0.4 is 11.1 Å². The summed E-state index contributed by atoms with van der Waals surface area (Å²) in [6.07, 6.45) is 2.10. The molecule has 2 rings (SSSR count). The van der Waals surface area contributed by atoms with Gasteiger partial charge >= 0.3 is 0 Å². The van der Waals surface area contributed by atoms with Gasteiger partial charge in [0.05, 0.1) is 0 Å². The van der Waals surface area contributed by atoms with Crippen molar-refractivity contribution in [1.82, 2.24) is 10.3 Å². The van der Waals surface area contributed by atoms with Crippen LogP contribution in [0, 0.1) is 18.6 Å². The fourth-order valence-electron chi connectivity index (χ4n) is 2.53. The van der Waals surface area contributed by atoms with Crippen LogP contribution in [0.15, 0.2) is 30.5 Å². The van der Waals surface area contributed by atoms with Crippen molar-refractivity contribution < 1.29 is 8.78 Å². The highest BCUT2D eigenvalue weighted by molar-refractivity contribution is 5.46. The summed E-state index contributed by atoms with van der Waals surface area (Å²) in [4.78, 5) is 4.11. The van der Waals surface area contributed by atoms with E-state index in [1.165, 1.54) is 12.1 Å². The molecular weight excluding hydrogens is 272 g/mol. The minimum absolute atomic E-state index is 0.134. The van der Waals surface area contributed by atoms with Gasteiger partial charge in [0.1, 0.15) is 17.5 Å². The number of hydrogen-bond donors (Lipinski definition) is 2. The molecule has 1 unspecified atom stereocenters. The highest BCUT2D eigenvalue weighted by Gasteiger charge is 2.18. The number of halogens is 2. The van der Waals surface area contributed by atoms with E-state index in [9.17, 15) is 8.78 Å². The number of nitrogens with two attached hydrogens (primary N) is 1. The van der Waals surface area contributed by atoms with Crippen molar-refractivity contribution in [2.75, 3.05) is 12.3 Å². The summed E-state index contributed by atoms with van der Waals surface area (Å²) in [6, 6.07) is 5.30. The van der Waals surface area contributed by atoms with Gasteiger partial charge in [0.2, 0.25) is 0 Å². The van der Waals surface area contributed by atoms with Gasteiger partial charge in [0, 0.05) is 23.9 Å². The van der Waals surface area contributed by atoms with Crippen molar-refractivity contribution in [3.05, 3.63) is 58.8 Å². The summed E-state index contributed by atoms with van der Waals surface area (Å²) < 4.78 is 26.7. The van der Waals surface area contributed by atoms with Crippen LogP contribution in [0.4, 0.5) is 14.6 Å². The first-order valence-corrected chi connectivity index (χ1v) is 6.90. The van der Waals surface area contributed by atoms with E-state index in [0.717, 1.165) is 23.7 Å². The largest absolute Gasteiger partial charge is 0.383 e. The van der Waals surface area contributed by atoms with Crippen molar-refractivity contribution in [3.8, 4) is 0 Å². The van der Waals surface area contributed by atoms with Crippen molar-refractivity contribution in [3.63, 3.8) is 0 Å². The van der Waals surface area contributed by atoms with Crippen molar-refractivity contribution >= 4 is 5.82 Å². The van der Waals surface area contributed by atoms with Gasteiger partial charge in [-0.25, -0.2) is 13.8 Å². The molecule has 0 aliphatic heterocycles. The number of benzene rings is 1. The Labute approximate surface area is 123 Å². The Bertz CT molecular complexity index is 588. The number of rotatable bonds is 5. The van der Waals surface area contributed by atoms with Gasteiger partial charge in [-0.3, -0.25) is 0 Å². The van der Waals surface area contributed by atoms with E-state index >= 15 is 0 Å². The molecule has 0 bridgehead atoms. The summed E-state index contributed by atoms with van der Waals surface area (Å²) >= 11 is 0. The van der Waals surface area contributed by atoms with Crippen LogP contribution in [0.3, 0.4) is 0 Å². The SMILES string of the molecule is CCNC(Cc1cc(F)cc(F)c1)c1c(C)ccnc1N. The smallest absolute Gasteiger partial charge is 0.128 e. The molecule has 1 aromatic heterocycles. The van der Waals surface area contributed by atoms with E-state index in [0.29, 0.717) is 17.8 Å². The zero-order valence-corrected chi connectivity index (χ0v) is 12.2. The minimum Gasteiger partial charge on any atom is -0.383 e. The van der Waals surface area contributed by atoms with Gasteiger partial charge in [0.15, 0.2) is 0 Å². The number of pyridine rings is 1. The van der Waals surface area contributed by atoms with Crippen molar-refractivity contribution in [2.45, 2.75) is 26.3 Å². The predicted molar refractivity (Wildman–Crippen MR) is 79.9 cm³/mol. The molecule has 1 heterocycles. The standard InChI is InChI=1S/C16H19F2N3/c1-3-20-14(15-10(2)4-5-21-16(15)19)8-11-6-12(17)9-13(18)7-11/h4-7,9,14,20H,3,8H2,1-2H3,(H2,19,21). The molecule has 0 aliphatic rings. The second-order valence-corrected chi connectivity index (χ2v) is 5.02. The Hall–Kier alpha value is -2.01. The van der Waals surface area contributed by atoms with Crippen LogP contribution >= 0.6 is 0 Å². The molecule has 1 atom stereocenters. The molecule has 5 heteroatoms. The van der Waals surface area contributed by atoms with Gasteiger partial charge in [-0.2, -0.15) is 0 Å². The van der Waals surface area contributed by atoms with Gasteiger partial charge in [-0.15, -0.1) is 0 Å². The number of nitrogens with one attached hydrogen (secondary N) is 1. The first-order valence-electron chi connectivity index (χ1n) is 6.90. The number of aromatic nitrogens is 1. The maximum Gasteiger partial charge on any atom is 0.128 e. The monoisotopic (exact) mass is 291 g/mol. The molecule has 1 aromatic carbocycles. The number of likely N-dealkylation sites (N-methyl/N-ethyl adjacent to an activating group) is 1. The first kappa shape index (κ1) is 15.4. The van der Waals surface area contributed by atoms with E-state index < -0.39 is 11.6 Å². The lowest BCUT2D eigenvalue weighted by Gasteiger charge is -2.21. The second kappa shape index (κ2) is 6.63. The molecule has 0 amide bonds. The fourth-order valence-corrected chi connectivity index (χ4v) is 2.53. The maximum atomic E-state index is 13.3. The number of aryl methyl sites for hydroxylation is 1. The molecule has 0 saturated heterocycles. The summed E-state index contributed by atoms with van der Waals surface area (Å²) in [6.45, 7) is 4.64. The second-order valence-electron chi connectivity index (χ2n) is 5.02. The van der Waals surface area contributed by atoms with Gasteiger partial charge in [-0.05, 0) is 49.2 Å². The molecule has 3 N–H and O–H groups in total. The average molecular weight is 291 g/mol. The van der Waals surface area contributed by atoms with E-state index in [2.05, 4.69) is 10.3 Å². The summed E-state index contributed by atoms with van der Waals surface area (Å²) in [5.74, 6) is -0.704. The van der Waals surface area contributed by atoms with E-state index in [-0.39, 0.29) is 6.04 Å². The Balaban J connectivity index is 2.35. The van der Waals surface area contributed by atoms with Gasteiger partial charge in [0.25, 0.3) is 0 Å². The average Bonchev–Trinajstić information content (AvgIpc) is 2.37.